The first-order valence-corrected chi connectivity index (χ1v) is 10.1. The van der Waals surface area contributed by atoms with Crippen molar-refractivity contribution in [3.05, 3.63) is 47.5 Å². The molecule has 1 saturated heterocycles. The molecule has 0 atom stereocenters. The minimum atomic E-state index is -3.47. The molecule has 9 heteroatoms. The highest BCUT2D eigenvalue weighted by Crippen LogP contribution is 2.23. The molecule has 0 unspecified atom stereocenters. The van der Waals surface area contributed by atoms with Gasteiger partial charge in [0.2, 0.25) is 10.0 Å². The van der Waals surface area contributed by atoms with E-state index in [9.17, 15) is 13.2 Å². The second-order valence-corrected chi connectivity index (χ2v) is 8.25. The zero-order chi connectivity index (χ0) is 19.4. The van der Waals surface area contributed by atoms with Crippen molar-refractivity contribution in [1.82, 2.24) is 14.3 Å². The van der Waals surface area contributed by atoms with Gasteiger partial charge in [0, 0.05) is 19.3 Å². The van der Waals surface area contributed by atoms with Crippen LogP contribution in [0.2, 0.25) is 0 Å². The first-order valence-electron chi connectivity index (χ1n) is 8.67. The summed E-state index contributed by atoms with van der Waals surface area (Å²) in [4.78, 5) is 19.3. The summed E-state index contributed by atoms with van der Waals surface area (Å²) in [6.45, 7) is 2.76. The Labute approximate surface area is 157 Å². The number of benzene rings is 1. The highest BCUT2D eigenvalue weighted by Gasteiger charge is 2.25. The maximum Gasteiger partial charge on any atom is 0.339 e. The largest absolute Gasteiger partial charge is 0.486 e. The van der Waals surface area contributed by atoms with E-state index in [1.165, 1.54) is 22.6 Å². The number of aromatic carboxylic acids is 1. The van der Waals surface area contributed by atoms with Crippen LogP contribution in [0.4, 0.5) is 0 Å². The number of aryl methyl sites for hydroxylation is 1. The monoisotopic (exact) mass is 391 g/mol. The molecular weight excluding hydrogens is 370 g/mol. The molecule has 1 aromatic heterocycles. The summed E-state index contributed by atoms with van der Waals surface area (Å²) in [6.07, 6.45) is 4.09. The Kier molecular flexibility index (Phi) is 5.71. The fourth-order valence-electron chi connectivity index (χ4n) is 2.90. The predicted molar refractivity (Wildman–Crippen MR) is 97.1 cm³/mol. The number of carboxylic acids is 1. The smallest absolute Gasteiger partial charge is 0.339 e. The van der Waals surface area contributed by atoms with Gasteiger partial charge in [-0.3, -0.25) is 0 Å². The lowest BCUT2D eigenvalue weighted by atomic mass is 10.2. The van der Waals surface area contributed by atoms with E-state index in [4.69, 9.17) is 9.84 Å². The molecule has 3 rings (SSSR count). The lowest BCUT2D eigenvalue weighted by Crippen LogP contribution is -2.35. The van der Waals surface area contributed by atoms with Crippen molar-refractivity contribution in [2.45, 2.75) is 37.7 Å². The van der Waals surface area contributed by atoms with E-state index in [2.05, 4.69) is 9.97 Å². The Morgan fingerprint density at radius 3 is 2.44 bits per heavy atom. The third-order valence-electron chi connectivity index (χ3n) is 4.40. The number of sulfonamides is 1. The quantitative estimate of drug-likeness (QED) is 0.804. The van der Waals surface area contributed by atoms with Gasteiger partial charge in [0.1, 0.15) is 12.4 Å². The molecule has 2 heterocycles. The maximum absolute atomic E-state index is 12.6. The van der Waals surface area contributed by atoms with Gasteiger partial charge in [0.05, 0.1) is 16.2 Å². The van der Waals surface area contributed by atoms with Crippen LogP contribution in [0.1, 0.15) is 41.1 Å². The molecule has 144 valence electrons. The van der Waals surface area contributed by atoms with Crippen LogP contribution in [0.15, 0.2) is 35.4 Å². The minimum absolute atomic E-state index is 0.0472. The zero-order valence-electron chi connectivity index (χ0n) is 15.0. The molecule has 0 bridgehead atoms. The van der Waals surface area contributed by atoms with Gasteiger partial charge < -0.3 is 9.84 Å². The van der Waals surface area contributed by atoms with E-state index in [0.29, 0.717) is 30.4 Å². The number of nitrogens with zero attached hydrogens (tertiary/aromatic N) is 3. The number of rotatable bonds is 6. The van der Waals surface area contributed by atoms with E-state index in [0.717, 1.165) is 19.3 Å². The van der Waals surface area contributed by atoms with Crippen LogP contribution in [-0.2, 0) is 16.6 Å². The Morgan fingerprint density at radius 1 is 1.19 bits per heavy atom. The molecule has 0 radical (unpaired) electrons. The Morgan fingerprint density at radius 2 is 1.85 bits per heavy atom. The van der Waals surface area contributed by atoms with Gasteiger partial charge in [-0.1, -0.05) is 6.42 Å². The van der Waals surface area contributed by atoms with Gasteiger partial charge in [-0.05, 0) is 44.0 Å². The summed E-state index contributed by atoms with van der Waals surface area (Å²) in [5.74, 6) is -0.246. The van der Waals surface area contributed by atoms with Crippen LogP contribution in [0, 0.1) is 6.92 Å². The summed E-state index contributed by atoms with van der Waals surface area (Å²) in [5, 5.41) is 8.99. The van der Waals surface area contributed by atoms with E-state index in [1.54, 1.807) is 19.1 Å². The van der Waals surface area contributed by atoms with Crippen LogP contribution < -0.4 is 4.74 Å². The van der Waals surface area contributed by atoms with Crippen LogP contribution in [0.25, 0.3) is 0 Å². The molecule has 1 fully saturated rings. The highest BCUT2D eigenvalue weighted by atomic mass is 32.2. The highest BCUT2D eigenvalue weighted by molar-refractivity contribution is 7.89. The first kappa shape index (κ1) is 19.2. The number of carboxylic acid groups (broad SMARTS) is 1. The van der Waals surface area contributed by atoms with E-state index in [-0.39, 0.29) is 17.1 Å². The van der Waals surface area contributed by atoms with Crippen molar-refractivity contribution in [2.24, 2.45) is 0 Å². The number of hydrogen-bond donors (Lipinski definition) is 1. The number of hydrogen-bond acceptors (Lipinski definition) is 6. The van der Waals surface area contributed by atoms with Gasteiger partial charge in [0.25, 0.3) is 0 Å². The molecular formula is C18H21N3O5S. The van der Waals surface area contributed by atoms with Crippen LogP contribution in [0.3, 0.4) is 0 Å². The maximum atomic E-state index is 12.6. The van der Waals surface area contributed by atoms with Crippen molar-refractivity contribution in [3.63, 3.8) is 0 Å². The Bertz CT molecular complexity index is 923. The second kappa shape index (κ2) is 8.01. The molecule has 0 amide bonds. The summed E-state index contributed by atoms with van der Waals surface area (Å²) in [5.41, 5.74) is 0.407. The lowest BCUT2D eigenvalue weighted by molar-refractivity contribution is 0.0695. The molecule has 1 aliphatic rings. The van der Waals surface area contributed by atoms with Crippen molar-refractivity contribution < 1.29 is 23.1 Å². The van der Waals surface area contributed by atoms with Gasteiger partial charge >= 0.3 is 5.97 Å². The molecule has 1 N–H and O–H groups in total. The van der Waals surface area contributed by atoms with Crippen LogP contribution in [-0.4, -0.2) is 46.9 Å². The van der Waals surface area contributed by atoms with E-state index < -0.39 is 16.0 Å². The number of aromatic nitrogens is 2. The fourth-order valence-corrected chi connectivity index (χ4v) is 4.42. The Hall–Kier alpha value is -2.52. The molecule has 0 spiro atoms. The average Bonchev–Trinajstić information content (AvgIpc) is 2.67. The number of ether oxygens (including phenoxy) is 1. The van der Waals surface area contributed by atoms with Crippen LogP contribution >= 0.6 is 0 Å². The zero-order valence-corrected chi connectivity index (χ0v) is 15.8. The Balaban J connectivity index is 1.66. The van der Waals surface area contributed by atoms with E-state index >= 15 is 0 Å². The van der Waals surface area contributed by atoms with Crippen molar-refractivity contribution in [3.8, 4) is 5.75 Å². The molecule has 0 saturated carbocycles. The summed E-state index contributed by atoms with van der Waals surface area (Å²) in [6, 6.07) is 6.24. The first-order chi connectivity index (χ1) is 12.9. The van der Waals surface area contributed by atoms with Gasteiger partial charge in [-0.2, -0.15) is 4.31 Å². The van der Waals surface area contributed by atoms with Crippen molar-refractivity contribution in [1.29, 1.82) is 0 Å². The third-order valence-corrected chi connectivity index (χ3v) is 6.32. The molecule has 0 aliphatic carbocycles. The molecule has 2 aromatic rings. The van der Waals surface area contributed by atoms with Gasteiger partial charge in [-0.25, -0.2) is 23.2 Å². The van der Waals surface area contributed by atoms with Crippen molar-refractivity contribution >= 4 is 16.0 Å². The van der Waals surface area contributed by atoms with Gasteiger partial charge in [0.15, 0.2) is 5.82 Å². The number of carbonyl (C=O) groups is 1. The molecule has 1 aliphatic heterocycles. The topological polar surface area (TPSA) is 110 Å². The molecule has 1 aromatic carbocycles. The fraction of sp³-hybridized carbons (Fsp3) is 0.389. The summed E-state index contributed by atoms with van der Waals surface area (Å²) in [7, 11) is -3.47. The number of piperidine rings is 1. The predicted octanol–water partition coefficient (Wildman–Crippen LogP) is 2.24. The van der Waals surface area contributed by atoms with Crippen molar-refractivity contribution in [2.75, 3.05) is 13.1 Å². The SMILES string of the molecule is Cc1nc(COc2ccc(S(=O)(=O)N3CCCCC3)cc2)ncc1C(=O)O. The van der Waals surface area contributed by atoms with E-state index in [1.807, 2.05) is 0 Å². The average molecular weight is 391 g/mol. The normalized spacial score (nSPS) is 15.4. The minimum Gasteiger partial charge on any atom is -0.486 e. The summed E-state index contributed by atoms with van der Waals surface area (Å²) < 4.78 is 32.3. The standard InChI is InChI=1S/C18H21N3O5S/c1-13-16(18(22)23)11-19-17(20-13)12-26-14-5-7-15(8-6-14)27(24,25)21-9-3-2-4-10-21/h5-8,11H,2-4,9-10,12H2,1H3,(H,22,23). The summed E-state index contributed by atoms with van der Waals surface area (Å²) >= 11 is 0. The third kappa shape index (κ3) is 4.42. The van der Waals surface area contributed by atoms with Crippen LogP contribution in [0.5, 0.6) is 5.75 Å². The molecule has 8 nitrogen and oxygen atoms in total. The van der Waals surface area contributed by atoms with Gasteiger partial charge in [-0.15, -0.1) is 0 Å². The lowest BCUT2D eigenvalue weighted by Gasteiger charge is -2.25. The second-order valence-electron chi connectivity index (χ2n) is 6.32. The molecule has 27 heavy (non-hydrogen) atoms.